The molecule has 0 saturated carbocycles. The Labute approximate surface area is 145 Å². The highest BCUT2D eigenvalue weighted by Crippen LogP contribution is 2.35. The Morgan fingerprint density at radius 1 is 1.37 bits per heavy atom. The summed E-state index contributed by atoms with van der Waals surface area (Å²) in [5, 5.41) is 4.34. The van der Waals surface area contributed by atoms with Crippen molar-refractivity contribution in [2.45, 2.75) is 19.9 Å². The summed E-state index contributed by atoms with van der Waals surface area (Å²) < 4.78 is 2.40. The van der Waals surface area contributed by atoms with Crippen molar-refractivity contribution >= 4 is 61.5 Å². The SMILES string of the molecule is CCNC(c1cc(Cl)ccc1I)c1cc(Br)sc1C. The number of rotatable bonds is 4. The summed E-state index contributed by atoms with van der Waals surface area (Å²) in [5.41, 5.74) is 2.56. The predicted octanol–water partition coefficient (Wildman–Crippen LogP) is 5.78. The van der Waals surface area contributed by atoms with Crippen molar-refractivity contribution in [3.8, 4) is 0 Å². The minimum absolute atomic E-state index is 0.193. The second-order valence-corrected chi connectivity index (χ2v) is 8.45. The molecule has 2 aromatic rings. The van der Waals surface area contributed by atoms with E-state index in [1.54, 1.807) is 11.3 Å². The number of thiophene rings is 1. The molecule has 0 bridgehead atoms. The molecule has 1 aromatic heterocycles. The standard InChI is InChI=1S/C14H14BrClINS/c1-3-18-14(10-7-13(15)19-8(10)2)11-6-9(16)4-5-12(11)17/h4-7,14,18H,3H2,1-2H3. The molecule has 0 spiro atoms. The van der Waals surface area contributed by atoms with Gasteiger partial charge in [-0.3, -0.25) is 0 Å². The number of nitrogens with one attached hydrogen (secondary N) is 1. The van der Waals surface area contributed by atoms with Crippen LogP contribution < -0.4 is 5.32 Å². The molecule has 102 valence electrons. The van der Waals surface area contributed by atoms with Gasteiger partial charge in [-0.05, 0) is 87.4 Å². The van der Waals surface area contributed by atoms with Crippen LogP contribution in [-0.4, -0.2) is 6.54 Å². The molecule has 0 fully saturated rings. The lowest BCUT2D eigenvalue weighted by Gasteiger charge is -2.20. The number of hydrogen-bond acceptors (Lipinski definition) is 2. The van der Waals surface area contributed by atoms with Crippen LogP contribution in [0, 0.1) is 10.5 Å². The zero-order valence-corrected chi connectivity index (χ0v) is 16.0. The number of halogens is 3. The highest BCUT2D eigenvalue weighted by atomic mass is 127. The highest BCUT2D eigenvalue weighted by molar-refractivity contribution is 14.1. The molecular weight excluding hydrogens is 456 g/mol. The fourth-order valence-corrected chi connectivity index (χ4v) is 4.65. The largest absolute Gasteiger partial charge is 0.306 e. The fraction of sp³-hybridized carbons (Fsp3) is 0.286. The highest BCUT2D eigenvalue weighted by Gasteiger charge is 2.20. The van der Waals surface area contributed by atoms with Gasteiger partial charge < -0.3 is 5.32 Å². The molecule has 19 heavy (non-hydrogen) atoms. The molecular formula is C14H14BrClINS. The molecule has 1 atom stereocenters. The van der Waals surface area contributed by atoms with Gasteiger partial charge in [-0.15, -0.1) is 11.3 Å². The van der Waals surface area contributed by atoms with Crippen LogP contribution in [0.15, 0.2) is 28.1 Å². The molecule has 1 nitrogen and oxygen atoms in total. The number of hydrogen-bond donors (Lipinski definition) is 1. The maximum Gasteiger partial charge on any atom is 0.0704 e. The molecule has 1 N–H and O–H groups in total. The molecule has 0 amide bonds. The Hall–Kier alpha value is 0.380. The van der Waals surface area contributed by atoms with Crippen molar-refractivity contribution in [2.24, 2.45) is 0 Å². The minimum Gasteiger partial charge on any atom is -0.306 e. The number of benzene rings is 1. The van der Waals surface area contributed by atoms with Crippen molar-refractivity contribution in [3.05, 3.63) is 52.6 Å². The van der Waals surface area contributed by atoms with E-state index in [0.717, 1.165) is 11.6 Å². The first-order chi connectivity index (χ1) is 9.02. The number of aryl methyl sites for hydroxylation is 1. The van der Waals surface area contributed by atoms with Gasteiger partial charge in [-0.2, -0.15) is 0 Å². The smallest absolute Gasteiger partial charge is 0.0704 e. The summed E-state index contributed by atoms with van der Waals surface area (Å²) in [5.74, 6) is 0. The summed E-state index contributed by atoms with van der Waals surface area (Å²) in [4.78, 5) is 1.33. The van der Waals surface area contributed by atoms with E-state index in [1.165, 1.54) is 23.4 Å². The van der Waals surface area contributed by atoms with Crippen LogP contribution in [0.3, 0.4) is 0 Å². The van der Waals surface area contributed by atoms with Crippen LogP contribution in [0.25, 0.3) is 0 Å². The van der Waals surface area contributed by atoms with Gasteiger partial charge in [-0.1, -0.05) is 18.5 Å². The van der Waals surface area contributed by atoms with Crippen molar-refractivity contribution in [1.82, 2.24) is 5.32 Å². The lowest BCUT2D eigenvalue weighted by molar-refractivity contribution is 0.627. The zero-order chi connectivity index (χ0) is 14.0. The first kappa shape index (κ1) is 15.8. The summed E-state index contributed by atoms with van der Waals surface area (Å²) in [6, 6.07) is 8.45. The molecule has 2 rings (SSSR count). The van der Waals surface area contributed by atoms with Gasteiger partial charge in [0.1, 0.15) is 0 Å². The maximum atomic E-state index is 6.16. The van der Waals surface area contributed by atoms with E-state index in [0.29, 0.717) is 0 Å². The van der Waals surface area contributed by atoms with Gasteiger partial charge in [0.2, 0.25) is 0 Å². The fourth-order valence-electron chi connectivity index (χ4n) is 2.07. The molecule has 0 aliphatic rings. The lowest BCUT2D eigenvalue weighted by atomic mass is 9.99. The third-order valence-corrected chi connectivity index (χ3v) is 5.70. The lowest BCUT2D eigenvalue weighted by Crippen LogP contribution is -2.23. The van der Waals surface area contributed by atoms with Crippen molar-refractivity contribution in [1.29, 1.82) is 0 Å². The van der Waals surface area contributed by atoms with Gasteiger partial charge in [0, 0.05) is 13.5 Å². The quantitative estimate of drug-likeness (QED) is 0.559. The van der Waals surface area contributed by atoms with Crippen molar-refractivity contribution in [2.75, 3.05) is 6.54 Å². The molecule has 1 unspecified atom stereocenters. The second-order valence-electron chi connectivity index (χ2n) is 4.22. The molecule has 1 aromatic carbocycles. The first-order valence-corrected chi connectivity index (χ1v) is 9.03. The Morgan fingerprint density at radius 2 is 2.11 bits per heavy atom. The molecule has 0 aliphatic heterocycles. The average molecular weight is 471 g/mol. The molecule has 1 heterocycles. The van der Waals surface area contributed by atoms with Crippen LogP contribution in [-0.2, 0) is 0 Å². The molecule has 0 aliphatic carbocycles. The predicted molar refractivity (Wildman–Crippen MR) is 96.4 cm³/mol. The van der Waals surface area contributed by atoms with E-state index in [1.807, 2.05) is 6.07 Å². The van der Waals surface area contributed by atoms with Crippen molar-refractivity contribution in [3.63, 3.8) is 0 Å². The summed E-state index contributed by atoms with van der Waals surface area (Å²) in [6.45, 7) is 5.20. The Balaban J connectivity index is 2.51. The Morgan fingerprint density at radius 3 is 2.68 bits per heavy atom. The zero-order valence-electron chi connectivity index (χ0n) is 10.6. The van der Waals surface area contributed by atoms with Gasteiger partial charge in [0.05, 0.1) is 9.83 Å². The molecule has 0 radical (unpaired) electrons. The summed E-state index contributed by atoms with van der Waals surface area (Å²) in [6.07, 6.45) is 0. The topological polar surface area (TPSA) is 12.0 Å². The van der Waals surface area contributed by atoms with Crippen LogP contribution in [0.5, 0.6) is 0 Å². The normalized spacial score (nSPS) is 12.7. The van der Waals surface area contributed by atoms with E-state index in [4.69, 9.17) is 11.6 Å². The van der Waals surface area contributed by atoms with Gasteiger partial charge in [0.15, 0.2) is 0 Å². The second kappa shape index (κ2) is 6.89. The molecule has 0 saturated heterocycles. The monoisotopic (exact) mass is 469 g/mol. The third-order valence-electron chi connectivity index (χ3n) is 2.91. The van der Waals surface area contributed by atoms with E-state index in [2.05, 4.69) is 75.9 Å². The average Bonchev–Trinajstić information content (AvgIpc) is 2.69. The van der Waals surface area contributed by atoms with Crippen LogP contribution in [0.1, 0.15) is 29.0 Å². The van der Waals surface area contributed by atoms with Gasteiger partial charge >= 0.3 is 0 Å². The third kappa shape index (κ3) is 3.73. The van der Waals surface area contributed by atoms with E-state index >= 15 is 0 Å². The first-order valence-electron chi connectivity index (χ1n) is 5.97. The molecule has 5 heteroatoms. The summed E-state index contributed by atoms with van der Waals surface area (Å²) in [7, 11) is 0. The van der Waals surface area contributed by atoms with E-state index < -0.39 is 0 Å². The van der Waals surface area contributed by atoms with Gasteiger partial charge in [-0.25, -0.2) is 0 Å². The van der Waals surface area contributed by atoms with Crippen LogP contribution in [0.4, 0.5) is 0 Å². The Kier molecular flexibility index (Phi) is 5.72. The van der Waals surface area contributed by atoms with Crippen LogP contribution in [0.2, 0.25) is 5.02 Å². The summed E-state index contributed by atoms with van der Waals surface area (Å²) >= 11 is 13.9. The van der Waals surface area contributed by atoms with E-state index in [-0.39, 0.29) is 6.04 Å². The Bertz CT molecular complexity index is 585. The maximum absolute atomic E-state index is 6.16. The van der Waals surface area contributed by atoms with Gasteiger partial charge in [0.25, 0.3) is 0 Å². The van der Waals surface area contributed by atoms with Crippen LogP contribution >= 0.6 is 61.5 Å². The van der Waals surface area contributed by atoms with Crippen molar-refractivity contribution < 1.29 is 0 Å². The van der Waals surface area contributed by atoms with E-state index in [9.17, 15) is 0 Å². The minimum atomic E-state index is 0.193.